The quantitative estimate of drug-likeness (QED) is 0.563. The van der Waals surface area contributed by atoms with Crippen molar-refractivity contribution in [3.05, 3.63) is 27.7 Å². The Balaban J connectivity index is 2.51. The summed E-state index contributed by atoms with van der Waals surface area (Å²) in [6.07, 6.45) is 0. The van der Waals surface area contributed by atoms with Crippen LogP contribution in [0.1, 0.15) is 12.5 Å². The van der Waals surface area contributed by atoms with E-state index in [1.807, 2.05) is 13.0 Å². The molecule has 1 aromatic rings. The highest BCUT2D eigenvalue weighted by atomic mass is 35.5. The number of ether oxygens (including phenoxy) is 1. The Bertz CT molecular complexity index is 389. The summed E-state index contributed by atoms with van der Waals surface area (Å²) in [5, 5.41) is 14.1. The predicted molar refractivity (Wildman–Crippen MR) is 76.9 cm³/mol. The van der Waals surface area contributed by atoms with E-state index < -0.39 is 0 Å². The monoisotopic (exact) mass is 308 g/mol. The molecule has 4 nitrogen and oxygen atoms in total. The lowest BCUT2D eigenvalue weighted by Gasteiger charge is -2.11. The van der Waals surface area contributed by atoms with Gasteiger partial charge in [0.05, 0.1) is 30.3 Å². The number of rotatable bonds is 9. The van der Waals surface area contributed by atoms with Crippen molar-refractivity contribution in [2.75, 3.05) is 32.8 Å². The molecule has 0 radical (unpaired) electrons. The molecule has 0 spiro atoms. The molecule has 5 N–H and O–H groups in total. The highest BCUT2D eigenvalue weighted by Gasteiger charge is 2.11. The van der Waals surface area contributed by atoms with Crippen LogP contribution in [-0.2, 0) is 6.54 Å². The maximum absolute atomic E-state index is 8.67. The van der Waals surface area contributed by atoms with Crippen LogP contribution in [0, 0.1) is 0 Å². The lowest BCUT2D eigenvalue weighted by atomic mass is 10.2. The number of quaternary nitrogens is 2. The molecular formula is C13H22Cl2N2O2+2. The first kappa shape index (κ1) is 16.5. The smallest absolute Gasteiger partial charge is 0.146 e. The lowest BCUT2D eigenvalue weighted by Crippen LogP contribution is -2.94. The van der Waals surface area contributed by atoms with Gasteiger partial charge in [-0.2, -0.15) is 0 Å². The molecule has 0 aliphatic heterocycles. The van der Waals surface area contributed by atoms with E-state index in [-0.39, 0.29) is 6.61 Å². The number of nitrogens with two attached hydrogens (primary N) is 2. The minimum absolute atomic E-state index is 0.221. The molecule has 108 valence electrons. The molecule has 1 rings (SSSR count). The fourth-order valence-corrected chi connectivity index (χ4v) is 2.39. The van der Waals surface area contributed by atoms with E-state index in [0.717, 1.165) is 37.5 Å². The van der Waals surface area contributed by atoms with Crippen molar-refractivity contribution in [1.29, 1.82) is 0 Å². The summed E-state index contributed by atoms with van der Waals surface area (Å²) in [5.74, 6) is 0.726. The summed E-state index contributed by atoms with van der Waals surface area (Å²) >= 11 is 12.2. The minimum atomic E-state index is 0.221. The van der Waals surface area contributed by atoms with Crippen molar-refractivity contribution in [1.82, 2.24) is 0 Å². The minimum Gasteiger partial charge on any atom is -0.492 e. The van der Waals surface area contributed by atoms with Gasteiger partial charge < -0.3 is 20.5 Å². The number of hydrogen-bond donors (Lipinski definition) is 3. The Hall–Kier alpha value is -0.520. The second-order valence-electron chi connectivity index (χ2n) is 4.18. The van der Waals surface area contributed by atoms with Gasteiger partial charge in [0.1, 0.15) is 25.4 Å². The third kappa shape index (κ3) is 5.97. The van der Waals surface area contributed by atoms with Gasteiger partial charge in [-0.15, -0.1) is 0 Å². The standard InChI is InChI=1S/C13H20Cl2N2O2/c1-2-19-13-10(7-11(14)8-12(13)15)9-17-4-3-16-5-6-18/h7-8,16-18H,2-6,9H2,1H3/p+2. The van der Waals surface area contributed by atoms with Crippen LogP contribution in [0.2, 0.25) is 10.0 Å². The highest BCUT2D eigenvalue weighted by Crippen LogP contribution is 2.31. The summed E-state index contributed by atoms with van der Waals surface area (Å²) in [7, 11) is 0. The van der Waals surface area contributed by atoms with E-state index in [0.29, 0.717) is 16.7 Å². The van der Waals surface area contributed by atoms with Gasteiger partial charge in [-0.25, -0.2) is 0 Å². The van der Waals surface area contributed by atoms with Gasteiger partial charge >= 0.3 is 0 Å². The first-order valence-electron chi connectivity index (χ1n) is 6.54. The van der Waals surface area contributed by atoms with E-state index in [1.165, 1.54) is 0 Å². The van der Waals surface area contributed by atoms with E-state index in [2.05, 4.69) is 10.6 Å². The average Bonchev–Trinajstić information content (AvgIpc) is 2.37. The Morgan fingerprint density at radius 3 is 2.58 bits per heavy atom. The zero-order valence-corrected chi connectivity index (χ0v) is 12.7. The van der Waals surface area contributed by atoms with Gasteiger partial charge in [0, 0.05) is 5.02 Å². The van der Waals surface area contributed by atoms with Gasteiger partial charge in [-0.1, -0.05) is 23.2 Å². The van der Waals surface area contributed by atoms with Crippen molar-refractivity contribution in [2.24, 2.45) is 0 Å². The summed E-state index contributed by atoms with van der Waals surface area (Å²) in [4.78, 5) is 0. The zero-order chi connectivity index (χ0) is 14.1. The number of hydrogen-bond acceptors (Lipinski definition) is 2. The molecule has 0 atom stereocenters. The first-order chi connectivity index (χ1) is 9.19. The topological polar surface area (TPSA) is 62.7 Å². The van der Waals surface area contributed by atoms with Crippen LogP contribution < -0.4 is 15.4 Å². The molecule has 6 heteroatoms. The average molecular weight is 309 g/mol. The molecule has 1 aromatic carbocycles. The van der Waals surface area contributed by atoms with Crippen LogP contribution in [0.3, 0.4) is 0 Å². The maximum atomic E-state index is 8.67. The Morgan fingerprint density at radius 2 is 1.89 bits per heavy atom. The molecular weight excluding hydrogens is 287 g/mol. The fourth-order valence-electron chi connectivity index (χ4n) is 1.80. The van der Waals surface area contributed by atoms with Crippen molar-refractivity contribution in [3.63, 3.8) is 0 Å². The fraction of sp³-hybridized carbons (Fsp3) is 0.538. The van der Waals surface area contributed by atoms with Crippen LogP contribution in [-0.4, -0.2) is 38.0 Å². The van der Waals surface area contributed by atoms with Gasteiger partial charge in [0.2, 0.25) is 0 Å². The molecule has 0 bridgehead atoms. The van der Waals surface area contributed by atoms with Crippen LogP contribution in [0.5, 0.6) is 5.75 Å². The van der Waals surface area contributed by atoms with Gasteiger partial charge in [0.25, 0.3) is 0 Å². The lowest BCUT2D eigenvalue weighted by molar-refractivity contribution is -0.731. The SMILES string of the molecule is CCOc1c(Cl)cc(Cl)cc1C[NH2+]CC[NH2+]CCO. The van der Waals surface area contributed by atoms with E-state index in [9.17, 15) is 0 Å². The van der Waals surface area contributed by atoms with Crippen LogP contribution >= 0.6 is 23.2 Å². The first-order valence-corrected chi connectivity index (χ1v) is 7.29. The molecule has 19 heavy (non-hydrogen) atoms. The molecule has 0 aliphatic carbocycles. The molecule has 0 aromatic heterocycles. The van der Waals surface area contributed by atoms with Crippen LogP contribution in [0.4, 0.5) is 0 Å². The van der Waals surface area contributed by atoms with Crippen molar-refractivity contribution >= 4 is 23.2 Å². The number of halogens is 2. The second-order valence-corrected chi connectivity index (χ2v) is 5.02. The number of aliphatic hydroxyl groups excluding tert-OH is 1. The number of benzene rings is 1. The molecule has 0 unspecified atom stereocenters. The van der Waals surface area contributed by atoms with Gasteiger partial charge in [-0.3, -0.25) is 0 Å². The summed E-state index contributed by atoms with van der Waals surface area (Å²) in [6.45, 7) is 6.21. The van der Waals surface area contributed by atoms with E-state index >= 15 is 0 Å². The van der Waals surface area contributed by atoms with Crippen LogP contribution in [0.25, 0.3) is 0 Å². The zero-order valence-electron chi connectivity index (χ0n) is 11.2. The molecule has 0 saturated heterocycles. The maximum Gasteiger partial charge on any atom is 0.146 e. The Labute approximate surface area is 124 Å². The van der Waals surface area contributed by atoms with Gasteiger partial charge in [-0.05, 0) is 19.1 Å². The molecule has 0 heterocycles. The number of aliphatic hydroxyl groups is 1. The largest absolute Gasteiger partial charge is 0.492 e. The molecule has 0 amide bonds. The molecule has 0 saturated carbocycles. The van der Waals surface area contributed by atoms with E-state index in [4.69, 9.17) is 33.0 Å². The van der Waals surface area contributed by atoms with Crippen LogP contribution in [0.15, 0.2) is 12.1 Å². The van der Waals surface area contributed by atoms with E-state index in [1.54, 1.807) is 6.07 Å². The summed E-state index contributed by atoms with van der Waals surface area (Å²) in [6, 6.07) is 3.60. The summed E-state index contributed by atoms with van der Waals surface area (Å²) < 4.78 is 5.57. The Kier molecular flexibility index (Phi) is 8.18. The van der Waals surface area contributed by atoms with Crippen molar-refractivity contribution < 1.29 is 20.5 Å². The van der Waals surface area contributed by atoms with Crippen molar-refractivity contribution in [3.8, 4) is 5.75 Å². The molecule has 0 aliphatic rings. The highest BCUT2D eigenvalue weighted by molar-refractivity contribution is 6.35. The normalized spacial score (nSPS) is 10.7. The third-order valence-electron chi connectivity index (χ3n) is 2.65. The Morgan fingerprint density at radius 1 is 1.16 bits per heavy atom. The second kappa shape index (κ2) is 9.39. The van der Waals surface area contributed by atoms with Gasteiger partial charge in [0.15, 0.2) is 0 Å². The predicted octanol–water partition coefficient (Wildman–Crippen LogP) is 0.0112. The van der Waals surface area contributed by atoms with Crippen molar-refractivity contribution in [2.45, 2.75) is 13.5 Å². The summed E-state index contributed by atoms with van der Waals surface area (Å²) in [5.41, 5.74) is 1.02. The molecule has 0 fully saturated rings. The third-order valence-corrected chi connectivity index (χ3v) is 3.15.